The summed E-state index contributed by atoms with van der Waals surface area (Å²) in [6.45, 7) is 18.3. The summed E-state index contributed by atoms with van der Waals surface area (Å²) in [5.41, 5.74) is 8.86. The highest BCUT2D eigenvalue weighted by Gasteiger charge is 2.25. The SMILES string of the molecule is CN1CCN(CCn2nc(-c3cnn(C)c3)c3c(Cl)c(-c4ccccc4)nnc32)CC1.CN1CCN(CCn2nc(I)c3c(Cl)c(-c4ccccc4)nnc32)CC1.CN1CCN(CCn2ncc3c(Cl)c(-c4ccccc4)nnc32)CC1. The van der Waals surface area contributed by atoms with Crippen molar-refractivity contribution in [2.75, 3.05) is 119 Å². The molecule has 0 atom stereocenters. The lowest BCUT2D eigenvalue weighted by Crippen LogP contribution is -2.45. The monoisotopic (exact) mass is 1270 g/mol. The number of halogens is 4. The third kappa shape index (κ3) is 13.3. The number of hydrogen-bond donors (Lipinski definition) is 0. The molecule has 0 aliphatic carbocycles. The van der Waals surface area contributed by atoms with Crippen molar-refractivity contribution in [2.45, 2.75) is 19.6 Å². The van der Waals surface area contributed by atoms with E-state index in [0.29, 0.717) is 37.8 Å². The first-order chi connectivity index (χ1) is 39.9. The molecule has 0 amide bonds. The molecule has 0 N–H and O–H groups in total. The zero-order valence-electron chi connectivity index (χ0n) is 46.6. The third-order valence-electron chi connectivity index (χ3n) is 15.4. The first-order valence-corrected chi connectivity index (χ1v) is 29.9. The Morgan fingerprint density at radius 3 is 1.24 bits per heavy atom. The van der Waals surface area contributed by atoms with Gasteiger partial charge in [-0.25, -0.2) is 14.0 Å². The van der Waals surface area contributed by atoms with Crippen molar-refractivity contribution >= 4 is 90.5 Å². The third-order valence-corrected chi connectivity index (χ3v) is 17.3. The van der Waals surface area contributed by atoms with Crippen LogP contribution in [0.25, 0.3) is 78.1 Å². The second kappa shape index (κ2) is 26.6. The second-order valence-electron chi connectivity index (χ2n) is 21.1. The summed E-state index contributed by atoms with van der Waals surface area (Å²) in [6, 6.07) is 29.7. The lowest BCUT2D eigenvalue weighted by molar-refractivity contribution is 0.149. The van der Waals surface area contributed by atoms with Crippen LogP contribution in [0.3, 0.4) is 0 Å². The quantitative estimate of drug-likeness (QED) is 0.101. The normalized spacial score (nSPS) is 16.2. The molecular formula is C58H66Cl3IN20. The largest absolute Gasteiger partial charge is 0.304 e. The number of rotatable bonds is 13. The predicted molar refractivity (Wildman–Crippen MR) is 334 cm³/mol. The zero-order chi connectivity index (χ0) is 56.7. The Hall–Kier alpha value is -6.12. The summed E-state index contributed by atoms with van der Waals surface area (Å²) in [7, 11) is 8.40. The lowest BCUT2D eigenvalue weighted by Gasteiger charge is -2.32. The highest BCUT2D eigenvalue weighted by Crippen LogP contribution is 2.38. The number of nitrogens with zero attached hydrogens (tertiary/aromatic N) is 20. The lowest BCUT2D eigenvalue weighted by atomic mass is 10.1. The Kier molecular flexibility index (Phi) is 18.7. The summed E-state index contributed by atoms with van der Waals surface area (Å²) < 4.78 is 8.41. The van der Waals surface area contributed by atoms with E-state index in [1.165, 1.54) is 0 Å². The summed E-state index contributed by atoms with van der Waals surface area (Å²) >= 11 is 22.4. The number of aryl methyl sites for hydroxylation is 1. The predicted octanol–water partition coefficient (Wildman–Crippen LogP) is 8.19. The number of fused-ring (bicyclic) bond motifs is 3. The van der Waals surface area contributed by atoms with E-state index in [2.05, 4.69) is 119 Å². The first kappa shape index (κ1) is 57.7. The van der Waals surface area contributed by atoms with Crippen molar-refractivity contribution < 1.29 is 0 Å². The number of likely N-dealkylation sites (N-methyl/N-ethyl adjacent to an activating group) is 3. The van der Waals surface area contributed by atoms with Gasteiger partial charge < -0.3 is 14.7 Å². The second-order valence-corrected chi connectivity index (χ2v) is 23.3. The summed E-state index contributed by atoms with van der Waals surface area (Å²) in [5.74, 6) is 0. The highest BCUT2D eigenvalue weighted by atomic mass is 127. The Balaban J connectivity index is 0.000000130. The standard InChI is InChI=1S/C22H25ClN8.C18H20ClIN6.C18H21ClN6/c1-28-8-10-30(11-9-28)12-13-31-22-18(20(27-31)17-14-24-29(2)15-17)19(23)21(25-26-22)16-6-4-3-5-7-16;1-24-7-9-25(10-8-24)11-12-26-18-14(17(20)23-26)15(19)16(21-22-18)13-5-3-2-4-6-13;1-23-7-9-24(10-8-23)11-12-25-18-15(13-20-25)16(19)17(21-22-18)14-5-3-2-4-6-14/h3-7,14-15H,8-13H2,1-2H3;2-6H,7-12H2,1H3;2-6,13H,7-12H2,1H3. The van der Waals surface area contributed by atoms with E-state index in [0.717, 1.165) is 177 Å². The molecule has 0 spiro atoms. The molecule has 0 unspecified atom stereocenters. The molecule has 3 aliphatic rings. The molecule has 0 saturated carbocycles. The topological polar surface area (TPSA) is 168 Å². The van der Waals surface area contributed by atoms with Gasteiger partial charge in [0.05, 0.1) is 63.3 Å². The van der Waals surface area contributed by atoms with Gasteiger partial charge in [0.1, 0.15) is 26.5 Å². The highest BCUT2D eigenvalue weighted by molar-refractivity contribution is 14.1. The Labute approximate surface area is 505 Å². The van der Waals surface area contributed by atoms with Gasteiger partial charge in [0.2, 0.25) is 0 Å². The Bertz CT molecular complexity index is 3720. The van der Waals surface area contributed by atoms with Gasteiger partial charge in [0, 0.05) is 134 Å². The minimum absolute atomic E-state index is 0.570. The molecule has 13 rings (SSSR count). The van der Waals surface area contributed by atoms with Crippen molar-refractivity contribution in [3.63, 3.8) is 0 Å². The van der Waals surface area contributed by atoms with Gasteiger partial charge in [-0.2, -0.15) is 20.4 Å². The molecule has 20 nitrogen and oxygen atoms in total. The van der Waals surface area contributed by atoms with Crippen molar-refractivity contribution in [3.05, 3.63) is 128 Å². The van der Waals surface area contributed by atoms with E-state index < -0.39 is 0 Å². The summed E-state index contributed by atoms with van der Waals surface area (Å²) in [4.78, 5) is 14.5. The molecule has 426 valence electrons. The zero-order valence-corrected chi connectivity index (χ0v) is 51.0. The molecule has 10 aromatic rings. The van der Waals surface area contributed by atoms with Crippen LogP contribution in [-0.4, -0.2) is 218 Å². The van der Waals surface area contributed by atoms with Crippen LogP contribution in [0.15, 0.2) is 110 Å². The summed E-state index contributed by atoms with van der Waals surface area (Å²) in [5, 5.41) is 49.4. The number of hydrogen-bond acceptors (Lipinski definition) is 16. The number of aromatic nitrogens is 14. The first-order valence-electron chi connectivity index (χ1n) is 27.7. The van der Waals surface area contributed by atoms with Crippen LogP contribution in [-0.2, 0) is 26.7 Å². The average molecular weight is 1280 g/mol. The smallest absolute Gasteiger partial charge is 0.183 e. The maximum Gasteiger partial charge on any atom is 0.183 e. The van der Waals surface area contributed by atoms with Gasteiger partial charge >= 0.3 is 0 Å². The molecule has 24 heteroatoms. The average Bonchev–Trinajstić information content (AvgIpc) is 4.51. The fourth-order valence-electron chi connectivity index (χ4n) is 10.4. The van der Waals surface area contributed by atoms with E-state index in [-0.39, 0.29) is 0 Å². The van der Waals surface area contributed by atoms with Gasteiger partial charge in [-0.05, 0) is 43.7 Å². The molecule has 0 bridgehead atoms. The summed E-state index contributed by atoms with van der Waals surface area (Å²) in [6.07, 6.45) is 5.56. The van der Waals surface area contributed by atoms with E-state index in [1.54, 1.807) is 10.9 Å². The maximum atomic E-state index is 6.92. The van der Waals surface area contributed by atoms with Crippen LogP contribution in [0.5, 0.6) is 0 Å². The van der Waals surface area contributed by atoms with Gasteiger partial charge in [-0.15, -0.1) is 30.6 Å². The van der Waals surface area contributed by atoms with Crippen LogP contribution in [0, 0.1) is 3.70 Å². The van der Waals surface area contributed by atoms with Gasteiger partial charge in [-0.3, -0.25) is 19.4 Å². The maximum absolute atomic E-state index is 6.92. The van der Waals surface area contributed by atoms with Crippen LogP contribution in [0.4, 0.5) is 0 Å². The Morgan fingerprint density at radius 2 is 0.793 bits per heavy atom. The molecule has 3 fully saturated rings. The van der Waals surface area contributed by atoms with E-state index in [1.807, 2.05) is 124 Å². The molecule has 3 aromatic carbocycles. The minimum atomic E-state index is 0.570. The fraction of sp³-hybridized carbons (Fsp3) is 0.379. The molecule has 3 saturated heterocycles. The fourth-order valence-corrected chi connectivity index (χ4v) is 12.2. The van der Waals surface area contributed by atoms with Gasteiger partial charge in [0.15, 0.2) is 16.9 Å². The number of piperazine rings is 3. The van der Waals surface area contributed by atoms with Gasteiger partial charge in [-0.1, -0.05) is 126 Å². The van der Waals surface area contributed by atoms with Crippen LogP contribution >= 0.6 is 57.4 Å². The van der Waals surface area contributed by atoms with Crippen LogP contribution in [0.2, 0.25) is 15.1 Å². The molecule has 0 radical (unpaired) electrons. The van der Waals surface area contributed by atoms with E-state index in [4.69, 9.17) is 39.9 Å². The van der Waals surface area contributed by atoms with Crippen molar-refractivity contribution in [1.82, 2.24) is 99.1 Å². The molecule has 82 heavy (non-hydrogen) atoms. The molecule has 10 heterocycles. The van der Waals surface area contributed by atoms with Crippen molar-refractivity contribution in [3.8, 4) is 45.0 Å². The Morgan fingerprint density at radius 1 is 0.390 bits per heavy atom. The minimum Gasteiger partial charge on any atom is -0.304 e. The van der Waals surface area contributed by atoms with Crippen molar-refractivity contribution in [2.24, 2.45) is 7.05 Å². The molecule has 3 aliphatic heterocycles. The molecule has 7 aromatic heterocycles. The molecular weight excluding hydrogens is 1210 g/mol. The number of benzene rings is 3. The van der Waals surface area contributed by atoms with E-state index >= 15 is 0 Å². The van der Waals surface area contributed by atoms with Crippen LogP contribution < -0.4 is 0 Å². The van der Waals surface area contributed by atoms with Crippen molar-refractivity contribution in [1.29, 1.82) is 0 Å². The van der Waals surface area contributed by atoms with Gasteiger partial charge in [0.25, 0.3) is 0 Å². The van der Waals surface area contributed by atoms with Crippen LogP contribution in [0.1, 0.15) is 0 Å². The van der Waals surface area contributed by atoms with E-state index in [9.17, 15) is 0 Å².